The van der Waals surface area contributed by atoms with Crippen molar-refractivity contribution in [2.24, 2.45) is 5.73 Å². The minimum Gasteiger partial charge on any atom is -0.508 e. The SMILES string of the molecule is CC/C(N)=C(/O)CO. The van der Waals surface area contributed by atoms with E-state index in [0.717, 1.165) is 0 Å². The Kier molecular flexibility index (Phi) is 3.03. The van der Waals surface area contributed by atoms with Crippen molar-refractivity contribution in [3.8, 4) is 0 Å². The lowest BCUT2D eigenvalue weighted by Gasteiger charge is -1.97. The molecule has 0 radical (unpaired) electrons. The van der Waals surface area contributed by atoms with Crippen molar-refractivity contribution < 1.29 is 10.2 Å². The molecule has 0 aromatic carbocycles. The summed E-state index contributed by atoms with van der Waals surface area (Å²) >= 11 is 0. The van der Waals surface area contributed by atoms with Crippen molar-refractivity contribution in [1.29, 1.82) is 0 Å². The van der Waals surface area contributed by atoms with Crippen LogP contribution in [0.25, 0.3) is 0 Å². The molecule has 0 heterocycles. The summed E-state index contributed by atoms with van der Waals surface area (Å²) in [6.07, 6.45) is 0.576. The first-order chi connectivity index (χ1) is 3.72. The lowest BCUT2D eigenvalue weighted by Crippen LogP contribution is -2.03. The number of aliphatic hydroxyl groups is 2. The van der Waals surface area contributed by atoms with E-state index in [1.165, 1.54) is 0 Å². The molecular weight excluding hydrogens is 106 g/mol. The lowest BCUT2D eigenvalue weighted by atomic mass is 10.3. The van der Waals surface area contributed by atoms with Crippen LogP contribution in [-0.4, -0.2) is 16.8 Å². The fourth-order valence-corrected chi connectivity index (χ4v) is 0.306. The Balaban J connectivity index is 3.83. The van der Waals surface area contributed by atoms with E-state index in [2.05, 4.69) is 0 Å². The van der Waals surface area contributed by atoms with E-state index in [4.69, 9.17) is 15.9 Å². The molecule has 0 atom stereocenters. The van der Waals surface area contributed by atoms with Crippen LogP contribution < -0.4 is 5.73 Å². The number of hydrogen-bond acceptors (Lipinski definition) is 3. The van der Waals surface area contributed by atoms with Gasteiger partial charge in [0, 0.05) is 5.70 Å². The molecule has 0 saturated carbocycles. The highest BCUT2D eigenvalue weighted by Crippen LogP contribution is 1.95. The first kappa shape index (κ1) is 7.30. The molecule has 0 unspecified atom stereocenters. The molecule has 0 saturated heterocycles. The summed E-state index contributed by atoms with van der Waals surface area (Å²) in [5, 5.41) is 16.9. The molecule has 0 aliphatic rings. The van der Waals surface area contributed by atoms with Gasteiger partial charge in [-0.15, -0.1) is 0 Å². The minimum atomic E-state index is -0.361. The summed E-state index contributed by atoms with van der Waals surface area (Å²) in [4.78, 5) is 0. The van der Waals surface area contributed by atoms with Crippen LogP contribution in [0.2, 0.25) is 0 Å². The van der Waals surface area contributed by atoms with Gasteiger partial charge in [-0.1, -0.05) is 6.92 Å². The van der Waals surface area contributed by atoms with Crippen LogP contribution in [0.4, 0.5) is 0 Å². The molecule has 0 spiro atoms. The molecule has 0 bridgehead atoms. The molecular formula is C5H11NO2. The number of rotatable bonds is 2. The Morgan fingerprint density at radius 1 is 1.62 bits per heavy atom. The van der Waals surface area contributed by atoms with Gasteiger partial charge in [0.15, 0.2) is 0 Å². The van der Waals surface area contributed by atoms with Crippen molar-refractivity contribution in [3.05, 3.63) is 11.5 Å². The normalized spacial score (nSPS) is 13.2. The summed E-state index contributed by atoms with van der Waals surface area (Å²) in [5.74, 6) is -0.118. The molecule has 3 heteroatoms. The predicted octanol–water partition coefficient (Wildman–Crippen LogP) is 0.117. The third-order valence-electron chi connectivity index (χ3n) is 0.901. The summed E-state index contributed by atoms with van der Waals surface area (Å²) in [6.45, 7) is 1.45. The molecule has 0 aromatic rings. The first-order valence-corrected chi connectivity index (χ1v) is 2.49. The van der Waals surface area contributed by atoms with Gasteiger partial charge in [0.1, 0.15) is 12.4 Å². The van der Waals surface area contributed by atoms with E-state index in [9.17, 15) is 0 Å². The molecule has 0 fully saturated rings. The Bertz CT molecular complexity index is 86.6. The topological polar surface area (TPSA) is 66.5 Å². The van der Waals surface area contributed by atoms with E-state index >= 15 is 0 Å². The van der Waals surface area contributed by atoms with E-state index in [1.54, 1.807) is 6.92 Å². The number of nitrogens with two attached hydrogens (primary N) is 1. The first-order valence-electron chi connectivity index (χ1n) is 2.49. The van der Waals surface area contributed by atoms with Crippen LogP contribution in [0.1, 0.15) is 13.3 Å². The minimum absolute atomic E-state index is 0.118. The molecule has 8 heavy (non-hydrogen) atoms. The second kappa shape index (κ2) is 3.32. The highest BCUT2D eigenvalue weighted by molar-refractivity contribution is 5.01. The Morgan fingerprint density at radius 2 is 2.12 bits per heavy atom. The number of aliphatic hydroxyl groups excluding tert-OH is 2. The van der Waals surface area contributed by atoms with E-state index in [-0.39, 0.29) is 12.4 Å². The summed E-state index contributed by atoms with van der Waals surface area (Å²) in [7, 11) is 0. The molecule has 0 aliphatic heterocycles. The second-order valence-electron chi connectivity index (χ2n) is 1.48. The number of hydrogen-bond donors (Lipinski definition) is 3. The van der Waals surface area contributed by atoms with Crippen molar-refractivity contribution in [1.82, 2.24) is 0 Å². The van der Waals surface area contributed by atoms with Crippen LogP contribution in [0.15, 0.2) is 11.5 Å². The fraction of sp³-hybridized carbons (Fsp3) is 0.600. The van der Waals surface area contributed by atoms with Gasteiger partial charge in [0.05, 0.1) is 0 Å². The third kappa shape index (κ3) is 1.84. The highest BCUT2D eigenvalue weighted by Gasteiger charge is 1.93. The maximum Gasteiger partial charge on any atom is 0.136 e. The fourth-order valence-electron chi connectivity index (χ4n) is 0.306. The molecule has 0 aromatic heterocycles. The van der Waals surface area contributed by atoms with Gasteiger partial charge in [-0.05, 0) is 6.42 Å². The van der Waals surface area contributed by atoms with Gasteiger partial charge in [-0.25, -0.2) is 0 Å². The van der Waals surface area contributed by atoms with Crippen LogP contribution >= 0.6 is 0 Å². The average Bonchev–Trinajstić information content (AvgIpc) is 1.84. The molecule has 4 N–H and O–H groups in total. The Morgan fingerprint density at radius 3 is 2.25 bits per heavy atom. The lowest BCUT2D eigenvalue weighted by molar-refractivity contribution is 0.248. The van der Waals surface area contributed by atoms with Gasteiger partial charge < -0.3 is 15.9 Å². The smallest absolute Gasteiger partial charge is 0.136 e. The van der Waals surface area contributed by atoms with Crippen LogP contribution in [0.3, 0.4) is 0 Å². The zero-order valence-corrected chi connectivity index (χ0v) is 4.89. The molecule has 3 nitrogen and oxygen atoms in total. The Hall–Kier alpha value is -0.700. The average molecular weight is 117 g/mol. The van der Waals surface area contributed by atoms with Crippen molar-refractivity contribution >= 4 is 0 Å². The molecule has 0 aliphatic carbocycles. The summed E-state index contributed by atoms with van der Waals surface area (Å²) < 4.78 is 0. The zero-order valence-electron chi connectivity index (χ0n) is 4.89. The third-order valence-corrected chi connectivity index (χ3v) is 0.901. The maximum absolute atomic E-state index is 8.63. The highest BCUT2D eigenvalue weighted by atomic mass is 16.3. The van der Waals surface area contributed by atoms with Crippen LogP contribution in [0, 0.1) is 0 Å². The monoisotopic (exact) mass is 117 g/mol. The molecule has 0 amide bonds. The molecule has 48 valence electrons. The van der Waals surface area contributed by atoms with E-state index in [1.807, 2.05) is 0 Å². The van der Waals surface area contributed by atoms with Gasteiger partial charge in [-0.2, -0.15) is 0 Å². The quantitative estimate of drug-likeness (QED) is 0.450. The van der Waals surface area contributed by atoms with E-state index < -0.39 is 0 Å². The molecule has 0 rings (SSSR count). The summed E-state index contributed by atoms with van der Waals surface area (Å²) in [5.41, 5.74) is 5.55. The Labute approximate surface area is 48.4 Å². The van der Waals surface area contributed by atoms with Crippen LogP contribution in [-0.2, 0) is 0 Å². The summed E-state index contributed by atoms with van der Waals surface area (Å²) in [6, 6.07) is 0. The second-order valence-corrected chi connectivity index (χ2v) is 1.48. The number of allylic oxidation sites excluding steroid dienone is 1. The van der Waals surface area contributed by atoms with Gasteiger partial charge >= 0.3 is 0 Å². The largest absolute Gasteiger partial charge is 0.508 e. The van der Waals surface area contributed by atoms with E-state index in [0.29, 0.717) is 12.1 Å². The predicted molar refractivity (Wildman–Crippen MR) is 31.2 cm³/mol. The van der Waals surface area contributed by atoms with Crippen LogP contribution in [0.5, 0.6) is 0 Å². The zero-order chi connectivity index (χ0) is 6.57. The van der Waals surface area contributed by atoms with Crippen molar-refractivity contribution in [2.45, 2.75) is 13.3 Å². The maximum atomic E-state index is 8.63. The standard InChI is InChI=1S/C5H11NO2/c1-2-4(6)5(8)3-7/h7-8H,2-3,6H2,1H3/b5-4-. The van der Waals surface area contributed by atoms with Crippen molar-refractivity contribution in [2.75, 3.05) is 6.61 Å². The van der Waals surface area contributed by atoms with Gasteiger partial charge in [0.25, 0.3) is 0 Å². The van der Waals surface area contributed by atoms with Gasteiger partial charge in [-0.3, -0.25) is 0 Å². The van der Waals surface area contributed by atoms with Crippen molar-refractivity contribution in [3.63, 3.8) is 0 Å². The van der Waals surface area contributed by atoms with Gasteiger partial charge in [0.2, 0.25) is 0 Å².